The van der Waals surface area contributed by atoms with E-state index >= 15 is 0 Å². The molecule has 1 unspecified atom stereocenters. The van der Waals surface area contributed by atoms with Gasteiger partial charge in [0.15, 0.2) is 0 Å². The summed E-state index contributed by atoms with van der Waals surface area (Å²) in [6.07, 6.45) is 2.33. The minimum atomic E-state index is -1.13. The lowest BCUT2D eigenvalue weighted by Gasteiger charge is -2.15. The van der Waals surface area contributed by atoms with Crippen LogP contribution in [0.5, 0.6) is 5.75 Å². The summed E-state index contributed by atoms with van der Waals surface area (Å²) in [5.74, 6) is -0.816. The van der Waals surface area contributed by atoms with Gasteiger partial charge in [-0.05, 0) is 37.1 Å². The first-order valence-corrected chi connectivity index (χ1v) is 8.09. The number of aliphatic carboxylic acids is 1. The van der Waals surface area contributed by atoms with Gasteiger partial charge in [-0.15, -0.1) is 0 Å². The van der Waals surface area contributed by atoms with Gasteiger partial charge in [0.1, 0.15) is 18.3 Å². The minimum absolute atomic E-state index is 0.000848. The fourth-order valence-electron chi connectivity index (χ4n) is 2.61. The zero-order chi connectivity index (χ0) is 19.1. The van der Waals surface area contributed by atoms with Gasteiger partial charge in [-0.3, -0.25) is 4.79 Å². The first-order valence-electron chi connectivity index (χ1n) is 8.09. The third-order valence-electron chi connectivity index (χ3n) is 3.89. The van der Waals surface area contributed by atoms with E-state index in [4.69, 9.17) is 10.5 Å². The molecule has 26 heavy (non-hydrogen) atoms. The molecule has 9 nitrogen and oxygen atoms in total. The van der Waals surface area contributed by atoms with Crippen LogP contribution in [-0.2, 0) is 16.1 Å². The number of hydrogen-bond donors (Lipinski definition) is 4. The van der Waals surface area contributed by atoms with Crippen LogP contribution in [0.2, 0.25) is 0 Å². The summed E-state index contributed by atoms with van der Waals surface area (Å²) in [7, 11) is 1.58. The first-order chi connectivity index (χ1) is 12.4. The molecule has 1 atom stereocenters. The van der Waals surface area contributed by atoms with Crippen molar-refractivity contribution in [2.45, 2.75) is 25.4 Å². The number of benzene rings is 1. The van der Waals surface area contributed by atoms with Gasteiger partial charge in [0.2, 0.25) is 5.91 Å². The van der Waals surface area contributed by atoms with Crippen LogP contribution < -0.4 is 21.1 Å². The quantitative estimate of drug-likeness (QED) is 0.486. The van der Waals surface area contributed by atoms with Gasteiger partial charge in [-0.1, -0.05) is 0 Å². The van der Waals surface area contributed by atoms with E-state index < -0.39 is 23.9 Å². The number of aromatic nitrogens is 1. The molecule has 0 bridgehead atoms. The molecule has 3 amide bonds. The maximum absolute atomic E-state index is 12.2. The Hall–Kier alpha value is -3.23. The summed E-state index contributed by atoms with van der Waals surface area (Å²) >= 11 is 0. The van der Waals surface area contributed by atoms with Crippen LogP contribution in [0.4, 0.5) is 4.79 Å². The number of nitrogens with two attached hydrogens (primary N) is 1. The van der Waals surface area contributed by atoms with Gasteiger partial charge in [-0.25, -0.2) is 9.59 Å². The molecule has 0 saturated carbocycles. The van der Waals surface area contributed by atoms with Gasteiger partial charge in [0.25, 0.3) is 0 Å². The topological polar surface area (TPSA) is 136 Å². The number of ether oxygens (including phenoxy) is 1. The summed E-state index contributed by atoms with van der Waals surface area (Å²) in [5.41, 5.74) is 5.79. The van der Waals surface area contributed by atoms with Gasteiger partial charge >= 0.3 is 12.0 Å². The molecule has 0 spiro atoms. The number of rotatable bonds is 9. The molecule has 2 rings (SSSR count). The number of amides is 3. The lowest BCUT2D eigenvalue weighted by molar-refractivity contribution is -0.142. The Kier molecular flexibility index (Phi) is 6.42. The Morgan fingerprint density at radius 2 is 2.08 bits per heavy atom. The van der Waals surface area contributed by atoms with Gasteiger partial charge < -0.3 is 30.8 Å². The molecule has 0 fully saturated rings. The molecule has 1 heterocycles. The zero-order valence-corrected chi connectivity index (χ0v) is 14.4. The molecule has 5 N–H and O–H groups in total. The molecule has 1 aromatic carbocycles. The number of nitrogens with one attached hydrogen (secondary N) is 2. The van der Waals surface area contributed by atoms with Crippen molar-refractivity contribution in [3.63, 3.8) is 0 Å². The standard InChI is InChI=1S/C17H22N4O5/c1-26-12-4-5-14-11(9-12)6-8-21(14)10-15(22)20-13(16(23)24)3-2-7-19-17(18)25/h4-6,8-9,13H,2-3,7,10H2,1H3,(H,20,22)(H,23,24)(H3,18,19,25). The van der Waals surface area contributed by atoms with E-state index in [1.165, 1.54) is 0 Å². The number of hydrogen-bond acceptors (Lipinski definition) is 4. The summed E-state index contributed by atoms with van der Waals surface area (Å²) in [6, 6.07) is 5.65. The molecule has 140 valence electrons. The van der Waals surface area contributed by atoms with Crippen LogP contribution in [-0.4, -0.2) is 47.3 Å². The number of carbonyl (C=O) groups is 3. The molecule has 0 radical (unpaired) electrons. The van der Waals surface area contributed by atoms with E-state index in [2.05, 4.69) is 10.6 Å². The van der Waals surface area contributed by atoms with E-state index in [9.17, 15) is 19.5 Å². The third-order valence-corrected chi connectivity index (χ3v) is 3.89. The number of methoxy groups -OCH3 is 1. The highest BCUT2D eigenvalue weighted by Gasteiger charge is 2.20. The number of carboxylic acids is 1. The highest BCUT2D eigenvalue weighted by atomic mass is 16.5. The van der Waals surface area contributed by atoms with Crippen LogP contribution in [0.25, 0.3) is 10.9 Å². The van der Waals surface area contributed by atoms with E-state index in [-0.39, 0.29) is 19.5 Å². The van der Waals surface area contributed by atoms with Gasteiger partial charge in [0, 0.05) is 23.6 Å². The van der Waals surface area contributed by atoms with E-state index in [0.717, 1.165) is 16.7 Å². The van der Waals surface area contributed by atoms with Crippen LogP contribution >= 0.6 is 0 Å². The van der Waals surface area contributed by atoms with Crippen molar-refractivity contribution in [3.05, 3.63) is 30.5 Å². The molecule has 9 heteroatoms. The summed E-state index contributed by atoms with van der Waals surface area (Å²) in [4.78, 5) is 34.1. The Morgan fingerprint density at radius 3 is 2.73 bits per heavy atom. The second-order valence-electron chi connectivity index (χ2n) is 5.76. The molecule has 0 aliphatic heterocycles. The largest absolute Gasteiger partial charge is 0.497 e. The fraction of sp³-hybridized carbons (Fsp3) is 0.353. The van der Waals surface area contributed by atoms with Crippen molar-refractivity contribution >= 4 is 28.8 Å². The van der Waals surface area contributed by atoms with Gasteiger partial charge in [-0.2, -0.15) is 0 Å². The first kappa shape index (κ1) is 19.1. The van der Waals surface area contributed by atoms with Crippen molar-refractivity contribution < 1.29 is 24.2 Å². The molecule has 2 aromatic rings. The van der Waals surface area contributed by atoms with Crippen LogP contribution in [0, 0.1) is 0 Å². The number of carbonyl (C=O) groups excluding carboxylic acids is 2. The van der Waals surface area contributed by atoms with Crippen LogP contribution in [0.15, 0.2) is 30.5 Å². The lowest BCUT2D eigenvalue weighted by atomic mass is 10.1. The maximum atomic E-state index is 12.2. The fourth-order valence-corrected chi connectivity index (χ4v) is 2.61. The summed E-state index contributed by atoms with van der Waals surface area (Å²) < 4.78 is 6.90. The van der Waals surface area contributed by atoms with Crippen molar-refractivity contribution in [3.8, 4) is 5.75 Å². The predicted octanol–water partition coefficient (Wildman–Crippen LogP) is 0.668. The van der Waals surface area contributed by atoms with E-state index in [0.29, 0.717) is 6.42 Å². The second kappa shape index (κ2) is 8.75. The maximum Gasteiger partial charge on any atom is 0.326 e. The Balaban J connectivity index is 1.95. The highest BCUT2D eigenvalue weighted by molar-refractivity contribution is 5.86. The average Bonchev–Trinajstić information content (AvgIpc) is 2.99. The van der Waals surface area contributed by atoms with Crippen molar-refractivity contribution in [1.82, 2.24) is 15.2 Å². The van der Waals surface area contributed by atoms with E-state index in [1.807, 2.05) is 18.2 Å². The van der Waals surface area contributed by atoms with E-state index in [1.54, 1.807) is 23.9 Å². The Labute approximate surface area is 150 Å². The van der Waals surface area contributed by atoms with Crippen molar-refractivity contribution in [2.75, 3.05) is 13.7 Å². The zero-order valence-electron chi connectivity index (χ0n) is 14.4. The number of carboxylic acid groups (broad SMARTS) is 1. The number of fused-ring (bicyclic) bond motifs is 1. The highest BCUT2D eigenvalue weighted by Crippen LogP contribution is 2.21. The Morgan fingerprint density at radius 1 is 1.31 bits per heavy atom. The molecule has 1 aromatic heterocycles. The van der Waals surface area contributed by atoms with Crippen molar-refractivity contribution in [2.24, 2.45) is 5.73 Å². The number of nitrogens with zero attached hydrogens (tertiary/aromatic N) is 1. The Bertz CT molecular complexity index is 802. The summed E-state index contributed by atoms with van der Waals surface area (Å²) in [6.45, 7) is 0.248. The van der Waals surface area contributed by atoms with Crippen LogP contribution in [0.3, 0.4) is 0 Å². The average molecular weight is 362 g/mol. The number of urea groups is 1. The SMILES string of the molecule is COc1ccc2c(ccn2CC(=O)NC(CCCNC(N)=O)C(=O)O)c1. The molecular weight excluding hydrogens is 340 g/mol. The second-order valence-corrected chi connectivity index (χ2v) is 5.76. The normalized spacial score (nSPS) is 11.7. The third kappa shape index (κ3) is 5.13. The summed E-state index contributed by atoms with van der Waals surface area (Å²) in [5, 5.41) is 15.0. The lowest BCUT2D eigenvalue weighted by Crippen LogP contribution is -2.42. The predicted molar refractivity (Wildman–Crippen MR) is 94.9 cm³/mol. The molecule has 0 aliphatic carbocycles. The minimum Gasteiger partial charge on any atom is -0.497 e. The smallest absolute Gasteiger partial charge is 0.326 e. The number of primary amides is 1. The van der Waals surface area contributed by atoms with Crippen molar-refractivity contribution in [1.29, 1.82) is 0 Å². The monoisotopic (exact) mass is 362 g/mol. The molecular formula is C17H22N4O5. The van der Waals surface area contributed by atoms with Gasteiger partial charge in [0.05, 0.1) is 7.11 Å². The van der Waals surface area contributed by atoms with Crippen LogP contribution in [0.1, 0.15) is 12.8 Å². The molecule has 0 aliphatic rings. The molecule has 0 saturated heterocycles.